The van der Waals surface area contributed by atoms with Crippen molar-refractivity contribution in [3.8, 4) is 0 Å². The third kappa shape index (κ3) is 5.51. The quantitative estimate of drug-likeness (QED) is 0.174. The molecule has 4 amide bonds. The van der Waals surface area contributed by atoms with Crippen LogP contribution in [0.1, 0.15) is 0 Å². The summed E-state index contributed by atoms with van der Waals surface area (Å²) in [6.07, 6.45) is -12.8. The fourth-order valence-corrected chi connectivity index (χ4v) is 3.23. The molecular weight excluding hydrogens is 424 g/mol. The minimum Gasteiger partial charge on any atom is -0.391 e. The lowest BCUT2D eigenvalue weighted by molar-refractivity contribution is -0.380. The summed E-state index contributed by atoms with van der Waals surface area (Å²) in [5.41, 5.74) is 0. The lowest BCUT2D eigenvalue weighted by atomic mass is 9.98. The summed E-state index contributed by atoms with van der Waals surface area (Å²) in [5.74, 6) is -2.28. The molecule has 2 saturated heterocycles. The largest absolute Gasteiger partial charge is 0.391 e. The van der Waals surface area contributed by atoms with Crippen LogP contribution < -0.4 is 21.3 Å². The number of aliphatic hydroxyl groups excluding tert-OH is 6. The Bertz CT molecular complexity index is 628. The lowest BCUT2D eigenvalue weighted by Gasteiger charge is -2.43. The van der Waals surface area contributed by atoms with Gasteiger partial charge in [-0.25, -0.2) is 9.59 Å². The van der Waals surface area contributed by atoms with Gasteiger partial charge in [-0.2, -0.15) is 0 Å². The average Bonchev–Trinajstić information content (AvgIpc) is 3.01. The molecule has 15 heteroatoms. The summed E-state index contributed by atoms with van der Waals surface area (Å²) in [5, 5.41) is 70.2. The lowest BCUT2D eigenvalue weighted by Crippen LogP contribution is -2.63. The summed E-state index contributed by atoms with van der Waals surface area (Å²) in [7, 11) is 2.73. The fourth-order valence-electron chi connectivity index (χ4n) is 3.23. The Morgan fingerprint density at radius 3 is 1.94 bits per heavy atom. The Morgan fingerprint density at radius 2 is 1.42 bits per heavy atom. The van der Waals surface area contributed by atoms with Crippen molar-refractivity contribution in [2.45, 2.75) is 54.8 Å². The van der Waals surface area contributed by atoms with E-state index in [1.54, 1.807) is 0 Å². The van der Waals surface area contributed by atoms with Crippen LogP contribution in [0.2, 0.25) is 0 Å². The van der Waals surface area contributed by atoms with E-state index in [1.807, 2.05) is 0 Å². The summed E-state index contributed by atoms with van der Waals surface area (Å²) >= 11 is 0. The second-order valence-electron chi connectivity index (χ2n) is 7.11. The van der Waals surface area contributed by atoms with E-state index >= 15 is 0 Å². The molecule has 2 fully saturated rings. The number of ether oxygens (including phenoxy) is 3. The van der Waals surface area contributed by atoms with E-state index in [9.17, 15) is 40.2 Å². The van der Waals surface area contributed by atoms with Crippen LogP contribution in [0.4, 0.5) is 9.59 Å². The highest BCUT2D eigenvalue weighted by Gasteiger charge is 2.58. The Morgan fingerprint density at radius 1 is 0.871 bits per heavy atom. The van der Waals surface area contributed by atoms with Gasteiger partial charge in [0.2, 0.25) is 5.79 Å². The van der Waals surface area contributed by atoms with Crippen molar-refractivity contribution in [2.24, 2.45) is 0 Å². The molecule has 31 heavy (non-hydrogen) atoms. The van der Waals surface area contributed by atoms with E-state index in [-0.39, 0.29) is 13.1 Å². The standard InChI is InChI=1S/C16H30N4O11/c1-17-14(27)19-3-6-8(22)10(24)11(25)13(29-6)31-16(5-21)12(26)9(23)7(30-16)4-20-15(28)18-2/h6-13,21-26H,3-5H2,1-2H3,(H2,17,19,27)(H2,18,20,28). The molecule has 2 aliphatic heterocycles. The van der Waals surface area contributed by atoms with Gasteiger partial charge in [-0.05, 0) is 0 Å². The van der Waals surface area contributed by atoms with Gasteiger partial charge in [0.1, 0.15) is 49.3 Å². The number of aliphatic hydroxyl groups is 6. The molecule has 10 N–H and O–H groups in total. The molecule has 9 atom stereocenters. The van der Waals surface area contributed by atoms with Crippen LogP contribution in [-0.2, 0) is 14.2 Å². The fraction of sp³-hybridized carbons (Fsp3) is 0.875. The maximum atomic E-state index is 11.4. The van der Waals surface area contributed by atoms with Crippen LogP contribution in [0.5, 0.6) is 0 Å². The number of hydrogen-bond donors (Lipinski definition) is 10. The molecule has 0 aromatic heterocycles. The number of amides is 4. The van der Waals surface area contributed by atoms with Gasteiger partial charge in [0.05, 0.1) is 0 Å². The zero-order chi connectivity index (χ0) is 23.3. The van der Waals surface area contributed by atoms with E-state index in [0.717, 1.165) is 0 Å². The molecule has 2 heterocycles. The monoisotopic (exact) mass is 454 g/mol. The van der Waals surface area contributed by atoms with Crippen LogP contribution >= 0.6 is 0 Å². The van der Waals surface area contributed by atoms with Gasteiger partial charge >= 0.3 is 12.1 Å². The molecule has 0 aliphatic carbocycles. The SMILES string of the molecule is CNC(=O)NCC1OC(OC2(CO)OC(CNC(=O)NC)C(O)C2O)C(O)C(O)C1O. The van der Waals surface area contributed by atoms with Crippen LogP contribution in [0.15, 0.2) is 0 Å². The van der Waals surface area contributed by atoms with Crippen LogP contribution in [0, 0.1) is 0 Å². The van der Waals surface area contributed by atoms with Crippen molar-refractivity contribution < 1.29 is 54.4 Å². The first-order valence-electron chi connectivity index (χ1n) is 9.53. The van der Waals surface area contributed by atoms with Gasteiger partial charge in [-0.3, -0.25) is 0 Å². The first kappa shape index (κ1) is 25.4. The zero-order valence-corrected chi connectivity index (χ0v) is 17.0. The van der Waals surface area contributed by atoms with Gasteiger partial charge < -0.3 is 66.1 Å². The highest BCUT2D eigenvalue weighted by Crippen LogP contribution is 2.35. The summed E-state index contributed by atoms with van der Waals surface area (Å²) < 4.78 is 16.3. The normalized spacial score (nSPS) is 40.3. The molecule has 0 radical (unpaired) electrons. The van der Waals surface area contributed by atoms with Crippen molar-refractivity contribution in [1.82, 2.24) is 21.3 Å². The predicted octanol–water partition coefficient (Wildman–Crippen LogP) is -5.52. The third-order valence-electron chi connectivity index (χ3n) is 5.09. The first-order valence-corrected chi connectivity index (χ1v) is 9.53. The number of hydrogen-bond acceptors (Lipinski definition) is 11. The maximum absolute atomic E-state index is 11.4. The van der Waals surface area contributed by atoms with Crippen molar-refractivity contribution in [1.29, 1.82) is 0 Å². The maximum Gasteiger partial charge on any atom is 0.314 e. The molecule has 15 nitrogen and oxygen atoms in total. The third-order valence-corrected chi connectivity index (χ3v) is 5.09. The van der Waals surface area contributed by atoms with E-state index in [0.29, 0.717) is 0 Å². The summed E-state index contributed by atoms with van der Waals surface area (Å²) in [6, 6.07) is -1.17. The van der Waals surface area contributed by atoms with Crippen LogP contribution in [-0.4, -0.2) is 131 Å². The second kappa shape index (κ2) is 10.7. The number of rotatable bonds is 7. The van der Waals surface area contributed by atoms with E-state index in [4.69, 9.17) is 14.2 Å². The molecule has 0 spiro atoms. The van der Waals surface area contributed by atoms with Crippen molar-refractivity contribution in [3.63, 3.8) is 0 Å². The van der Waals surface area contributed by atoms with Crippen molar-refractivity contribution in [2.75, 3.05) is 33.8 Å². The number of carbonyl (C=O) groups excluding carboxylic acids is 2. The smallest absolute Gasteiger partial charge is 0.314 e. The Labute approximate surface area is 177 Å². The number of urea groups is 2. The summed E-state index contributed by atoms with van der Waals surface area (Å²) in [4.78, 5) is 22.7. The highest BCUT2D eigenvalue weighted by molar-refractivity contribution is 5.73. The molecule has 0 saturated carbocycles. The second-order valence-corrected chi connectivity index (χ2v) is 7.11. The van der Waals surface area contributed by atoms with E-state index in [2.05, 4.69) is 21.3 Å². The topological polar surface area (TPSA) is 231 Å². The van der Waals surface area contributed by atoms with Gasteiger partial charge in [0.15, 0.2) is 6.29 Å². The van der Waals surface area contributed by atoms with Gasteiger partial charge in [-0.15, -0.1) is 0 Å². The summed E-state index contributed by atoms with van der Waals surface area (Å²) in [6.45, 7) is -1.52. The van der Waals surface area contributed by atoms with E-state index in [1.165, 1.54) is 14.1 Å². The molecule has 0 aromatic rings. The van der Waals surface area contributed by atoms with Gasteiger partial charge in [-0.1, -0.05) is 0 Å². The van der Waals surface area contributed by atoms with Crippen molar-refractivity contribution >= 4 is 12.1 Å². The zero-order valence-electron chi connectivity index (χ0n) is 17.0. The molecule has 0 aromatic carbocycles. The molecule has 0 bridgehead atoms. The Hall–Kier alpha value is -1.82. The minimum atomic E-state index is -2.28. The number of carbonyl (C=O) groups is 2. The molecular formula is C16H30N4O11. The minimum absolute atomic E-state index is 0.253. The average molecular weight is 454 g/mol. The molecule has 2 aliphatic rings. The van der Waals surface area contributed by atoms with E-state index < -0.39 is 73.5 Å². The Kier molecular flexibility index (Phi) is 8.75. The Balaban J connectivity index is 2.12. The first-order chi connectivity index (χ1) is 14.6. The highest BCUT2D eigenvalue weighted by atomic mass is 16.8. The molecule has 9 unspecified atom stereocenters. The predicted molar refractivity (Wildman–Crippen MR) is 99.4 cm³/mol. The molecule has 2 rings (SSSR count). The molecule has 180 valence electrons. The van der Waals surface area contributed by atoms with Crippen LogP contribution in [0.3, 0.4) is 0 Å². The van der Waals surface area contributed by atoms with Gasteiger partial charge in [0.25, 0.3) is 0 Å². The number of nitrogens with one attached hydrogen (secondary N) is 4. The van der Waals surface area contributed by atoms with Crippen molar-refractivity contribution in [3.05, 3.63) is 0 Å². The van der Waals surface area contributed by atoms with Crippen LogP contribution in [0.25, 0.3) is 0 Å². The van der Waals surface area contributed by atoms with Gasteiger partial charge in [0, 0.05) is 27.2 Å².